The summed E-state index contributed by atoms with van der Waals surface area (Å²) < 4.78 is 33.1. The second-order valence-corrected chi connectivity index (χ2v) is 8.40. The summed E-state index contributed by atoms with van der Waals surface area (Å²) in [5, 5.41) is 8.67. The summed E-state index contributed by atoms with van der Waals surface area (Å²) in [6, 6.07) is 5.40. The van der Waals surface area contributed by atoms with Crippen molar-refractivity contribution in [1.29, 1.82) is 0 Å². The monoisotopic (exact) mass is 361 g/mol. The maximum atomic E-state index is 11.8. The fourth-order valence-electron chi connectivity index (χ4n) is 3.04. The van der Waals surface area contributed by atoms with Crippen molar-refractivity contribution in [3.63, 3.8) is 0 Å². The van der Waals surface area contributed by atoms with Crippen molar-refractivity contribution >= 4 is 9.84 Å². The highest BCUT2D eigenvalue weighted by atomic mass is 32.2. The van der Waals surface area contributed by atoms with Crippen LogP contribution in [-0.2, 0) is 22.8 Å². The molecule has 0 saturated carbocycles. The lowest BCUT2D eigenvalue weighted by Crippen LogP contribution is -2.14. The van der Waals surface area contributed by atoms with Gasteiger partial charge in [-0.3, -0.25) is 4.68 Å². The first-order valence-corrected chi connectivity index (χ1v) is 10.1. The molecule has 0 N–H and O–H groups in total. The third-order valence-electron chi connectivity index (χ3n) is 4.30. The van der Waals surface area contributed by atoms with Gasteiger partial charge in [-0.05, 0) is 24.6 Å². The van der Waals surface area contributed by atoms with Gasteiger partial charge in [-0.25, -0.2) is 18.1 Å². The first-order valence-electron chi connectivity index (χ1n) is 8.26. The highest BCUT2D eigenvalue weighted by Gasteiger charge is 2.32. The predicted octanol–water partition coefficient (Wildman–Crippen LogP) is 1.70. The maximum Gasteiger partial charge on any atom is 0.194 e. The van der Waals surface area contributed by atoms with Crippen LogP contribution in [-0.4, -0.2) is 44.5 Å². The van der Waals surface area contributed by atoms with Gasteiger partial charge in [0.1, 0.15) is 5.76 Å². The SMILES string of the molecule is CCc1nc(-c2ccc(Cn3cccn3)o2)n([C@@H]2CCS(=O)(=O)C2)n1. The second-order valence-electron chi connectivity index (χ2n) is 6.18. The summed E-state index contributed by atoms with van der Waals surface area (Å²) in [4.78, 5) is 4.54. The normalized spacial score (nSPS) is 19.5. The lowest BCUT2D eigenvalue weighted by atomic mass is 10.2. The van der Waals surface area contributed by atoms with Gasteiger partial charge in [0.25, 0.3) is 0 Å². The van der Waals surface area contributed by atoms with Crippen LogP contribution in [0.15, 0.2) is 35.0 Å². The molecule has 9 heteroatoms. The number of hydrogen-bond donors (Lipinski definition) is 0. The summed E-state index contributed by atoms with van der Waals surface area (Å²) in [5.41, 5.74) is 0. The van der Waals surface area contributed by atoms with E-state index >= 15 is 0 Å². The van der Waals surface area contributed by atoms with Gasteiger partial charge >= 0.3 is 0 Å². The molecule has 0 aromatic carbocycles. The summed E-state index contributed by atoms with van der Waals surface area (Å²) in [6.07, 6.45) is 4.82. The molecule has 1 saturated heterocycles. The highest BCUT2D eigenvalue weighted by molar-refractivity contribution is 7.91. The summed E-state index contributed by atoms with van der Waals surface area (Å²) >= 11 is 0. The van der Waals surface area contributed by atoms with Crippen LogP contribution in [0.25, 0.3) is 11.6 Å². The van der Waals surface area contributed by atoms with E-state index in [1.807, 2.05) is 31.3 Å². The van der Waals surface area contributed by atoms with Crippen LogP contribution in [0.2, 0.25) is 0 Å². The van der Waals surface area contributed by atoms with Crippen molar-refractivity contribution < 1.29 is 12.8 Å². The molecule has 4 rings (SSSR count). The molecule has 0 unspecified atom stereocenters. The molecule has 1 aliphatic heterocycles. The van der Waals surface area contributed by atoms with Gasteiger partial charge in [0.2, 0.25) is 0 Å². The van der Waals surface area contributed by atoms with E-state index in [-0.39, 0.29) is 17.5 Å². The standard InChI is InChI=1S/C16H19N5O3S/c1-2-15-18-16(21(19-15)12-6-9-25(22,23)11-12)14-5-4-13(24-14)10-20-8-3-7-17-20/h3-5,7-8,12H,2,6,9-11H2,1H3/t12-/m1/s1. The number of aromatic nitrogens is 5. The zero-order valence-electron chi connectivity index (χ0n) is 13.9. The van der Waals surface area contributed by atoms with Gasteiger partial charge in [-0.1, -0.05) is 6.92 Å². The first-order chi connectivity index (χ1) is 12.0. The molecule has 1 atom stereocenters. The molecule has 0 radical (unpaired) electrons. The van der Waals surface area contributed by atoms with E-state index in [9.17, 15) is 8.42 Å². The molecule has 3 aromatic heterocycles. The Bertz CT molecular complexity index is 972. The molecule has 25 heavy (non-hydrogen) atoms. The topological polar surface area (TPSA) is 95.8 Å². The number of rotatable bonds is 5. The Labute approximate surface area is 145 Å². The minimum absolute atomic E-state index is 0.105. The van der Waals surface area contributed by atoms with Gasteiger partial charge in [0.15, 0.2) is 27.2 Å². The number of hydrogen-bond acceptors (Lipinski definition) is 6. The van der Waals surface area contributed by atoms with E-state index in [0.717, 1.165) is 5.76 Å². The predicted molar refractivity (Wildman–Crippen MR) is 90.7 cm³/mol. The lowest BCUT2D eigenvalue weighted by Gasteiger charge is -2.10. The molecule has 0 spiro atoms. The summed E-state index contributed by atoms with van der Waals surface area (Å²) in [5.74, 6) is 2.92. The molecule has 132 valence electrons. The Morgan fingerprint density at radius 3 is 2.92 bits per heavy atom. The van der Waals surface area contributed by atoms with Crippen LogP contribution in [0, 0.1) is 0 Å². The van der Waals surface area contributed by atoms with Gasteiger partial charge in [0, 0.05) is 18.8 Å². The average molecular weight is 361 g/mol. The van der Waals surface area contributed by atoms with Gasteiger partial charge < -0.3 is 4.42 Å². The first kappa shape index (κ1) is 16.1. The summed E-state index contributed by atoms with van der Waals surface area (Å²) in [6.45, 7) is 2.50. The zero-order valence-corrected chi connectivity index (χ0v) is 14.7. The Kier molecular flexibility index (Phi) is 3.95. The molecule has 4 heterocycles. The molecule has 0 bridgehead atoms. The molecular weight excluding hydrogens is 342 g/mol. The van der Waals surface area contributed by atoms with Crippen molar-refractivity contribution in [1.82, 2.24) is 24.5 Å². The Morgan fingerprint density at radius 2 is 2.24 bits per heavy atom. The number of sulfone groups is 1. The highest BCUT2D eigenvalue weighted by Crippen LogP contribution is 2.29. The maximum absolute atomic E-state index is 11.8. The molecule has 3 aromatic rings. The average Bonchev–Trinajstić information content (AvgIpc) is 3.33. The van der Waals surface area contributed by atoms with E-state index in [1.165, 1.54) is 0 Å². The van der Waals surface area contributed by atoms with E-state index in [0.29, 0.717) is 36.8 Å². The third-order valence-corrected chi connectivity index (χ3v) is 6.06. The Hall–Kier alpha value is -2.42. The van der Waals surface area contributed by atoms with Gasteiger partial charge in [-0.15, -0.1) is 0 Å². The lowest BCUT2D eigenvalue weighted by molar-refractivity contribution is 0.465. The van der Waals surface area contributed by atoms with Crippen LogP contribution in [0.1, 0.15) is 31.0 Å². The smallest absolute Gasteiger partial charge is 0.194 e. The molecule has 1 fully saturated rings. The number of furan rings is 1. The molecule has 0 amide bonds. The quantitative estimate of drug-likeness (QED) is 0.686. The second kappa shape index (κ2) is 6.14. The van der Waals surface area contributed by atoms with Crippen molar-refractivity contribution in [2.24, 2.45) is 0 Å². The van der Waals surface area contributed by atoms with Crippen LogP contribution in [0.5, 0.6) is 0 Å². The molecular formula is C16H19N5O3S. The summed E-state index contributed by atoms with van der Waals surface area (Å²) in [7, 11) is -3.00. The Balaban J connectivity index is 1.66. The van der Waals surface area contributed by atoms with Gasteiger partial charge in [0.05, 0.1) is 24.1 Å². The fourth-order valence-corrected chi connectivity index (χ4v) is 4.74. The number of nitrogens with zero attached hydrogens (tertiary/aromatic N) is 5. The molecule has 8 nitrogen and oxygen atoms in total. The molecule has 1 aliphatic rings. The zero-order chi connectivity index (χ0) is 17.4. The van der Waals surface area contributed by atoms with Crippen molar-refractivity contribution in [3.05, 3.63) is 42.2 Å². The van der Waals surface area contributed by atoms with E-state index in [1.54, 1.807) is 15.6 Å². The minimum Gasteiger partial charge on any atom is -0.456 e. The van der Waals surface area contributed by atoms with Crippen molar-refractivity contribution in [2.45, 2.75) is 32.4 Å². The van der Waals surface area contributed by atoms with Crippen LogP contribution in [0.4, 0.5) is 0 Å². The fraction of sp³-hybridized carbons (Fsp3) is 0.438. The van der Waals surface area contributed by atoms with E-state index in [4.69, 9.17) is 4.42 Å². The van der Waals surface area contributed by atoms with Crippen molar-refractivity contribution in [3.8, 4) is 11.6 Å². The van der Waals surface area contributed by atoms with Crippen LogP contribution < -0.4 is 0 Å². The van der Waals surface area contributed by atoms with Gasteiger partial charge in [-0.2, -0.15) is 10.2 Å². The molecule has 0 aliphatic carbocycles. The van der Waals surface area contributed by atoms with E-state index in [2.05, 4.69) is 15.2 Å². The van der Waals surface area contributed by atoms with E-state index < -0.39 is 9.84 Å². The third kappa shape index (κ3) is 3.23. The van der Waals surface area contributed by atoms with Crippen LogP contribution in [0.3, 0.4) is 0 Å². The van der Waals surface area contributed by atoms with Crippen LogP contribution >= 0.6 is 0 Å². The largest absolute Gasteiger partial charge is 0.456 e. The Morgan fingerprint density at radius 1 is 1.36 bits per heavy atom. The van der Waals surface area contributed by atoms with Crippen molar-refractivity contribution in [2.75, 3.05) is 11.5 Å². The minimum atomic E-state index is -3.00. The number of aryl methyl sites for hydroxylation is 1.